The van der Waals surface area contributed by atoms with Gasteiger partial charge in [0.25, 0.3) is 0 Å². The lowest BCUT2D eigenvalue weighted by atomic mass is 10.3. The molecule has 0 spiro atoms. The van der Waals surface area contributed by atoms with E-state index in [0.717, 1.165) is 19.4 Å². The average Bonchev–Trinajstić information content (AvgIpc) is 2.71. The van der Waals surface area contributed by atoms with E-state index >= 15 is 0 Å². The summed E-state index contributed by atoms with van der Waals surface area (Å²) in [6.45, 7) is 2.98. The third-order valence-corrected chi connectivity index (χ3v) is 1.89. The molecule has 5 heteroatoms. The van der Waals surface area contributed by atoms with Gasteiger partial charge in [-0.1, -0.05) is 18.6 Å². The highest BCUT2D eigenvalue weighted by Crippen LogP contribution is 1.99. The van der Waals surface area contributed by atoms with Crippen molar-refractivity contribution < 1.29 is 9.53 Å². The quantitative estimate of drug-likeness (QED) is 0.541. The molecule has 0 radical (unpaired) electrons. The number of rotatable bonds is 5. The van der Waals surface area contributed by atoms with E-state index in [1.54, 1.807) is 17.0 Å². The SMILES string of the molecule is CCCCn1cc(C=CC(=O)OC)nn1. The van der Waals surface area contributed by atoms with E-state index in [-0.39, 0.29) is 0 Å². The number of aryl methyl sites for hydroxylation is 1. The van der Waals surface area contributed by atoms with Gasteiger partial charge in [-0.2, -0.15) is 0 Å². The first-order valence-corrected chi connectivity index (χ1v) is 4.92. The molecule has 0 N–H and O–H groups in total. The number of unbranched alkanes of at least 4 members (excludes halogenated alkanes) is 1. The summed E-state index contributed by atoms with van der Waals surface area (Å²) in [5.41, 5.74) is 0.663. The van der Waals surface area contributed by atoms with Gasteiger partial charge in [0, 0.05) is 12.6 Å². The lowest BCUT2D eigenvalue weighted by molar-refractivity contribution is -0.134. The molecule has 1 aromatic rings. The molecule has 0 unspecified atom stereocenters. The second-order valence-corrected chi connectivity index (χ2v) is 3.12. The molecule has 0 saturated heterocycles. The van der Waals surface area contributed by atoms with Crippen LogP contribution in [0.1, 0.15) is 25.5 Å². The van der Waals surface area contributed by atoms with E-state index in [2.05, 4.69) is 22.0 Å². The summed E-state index contributed by atoms with van der Waals surface area (Å²) in [6.07, 6.45) is 6.90. The molecule has 1 rings (SSSR count). The number of hydrogen-bond donors (Lipinski definition) is 0. The van der Waals surface area contributed by atoms with Gasteiger partial charge in [-0.25, -0.2) is 4.79 Å². The van der Waals surface area contributed by atoms with E-state index in [4.69, 9.17) is 0 Å². The fraction of sp³-hybridized carbons (Fsp3) is 0.500. The molecule has 0 aliphatic carbocycles. The Morgan fingerprint density at radius 2 is 2.47 bits per heavy atom. The monoisotopic (exact) mass is 209 g/mol. The zero-order valence-corrected chi connectivity index (χ0v) is 9.01. The maximum absolute atomic E-state index is 10.8. The Hall–Kier alpha value is -1.65. The van der Waals surface area contributed by atoms with Crippen LogP contribution in [0.5, 0.6) is 0 Å². The first-order chi connectivity index (χ1) is 7.26. The highest BCUT2D eigenvalue weighted by molar-refractivity contribution is 5.86. The fourth-order valence-corrected chi connectivity index (χ4v) is 1.04. The minimum absolute atomic E-state index is 0.391. The molecule has 1 aromatic heterocycles. The van der Waals surface area contributed by atoms with Crippen molar-refractivity contribution in [1.29, 1.82) is 0 Å². The average molecular weight is 209 g/mol. The highest BCUT2D eigenvalue weighted by atomic mass is 16.5. The number of aromatic nitrogens is 3. The molecular weight excluding hydrogens is 194 g/mol. The summed E-state index contributed by atoms with van der Waals surface area (Å²) in [4.78, 5) is 10.8. The number of nitrogens with zero attached hydrogens (tertiary/aromatic N) is 3. The molecule has 15 heavy (non-hydrogen) atoms. The molecule has 0 bridgehead atoms. The normalized spacial score (nSPS) is 10.8. The van der Waals surface area contributed by atoms with Gasteiger partial charge < -0.3 is 4.74 Å². The summed E-state index contributed by atoms with van der Waals surface area (Å²) in [7, 11) is 1.34. The van der Waals surface area contributed by atoms with Gasteiger partial charge in [0.2, 0.25) is 0 Å². The van der Waals surface area contributed by atoms with Crippen molar-refractivity contribution in [2.24, 2.45) is 0 Å². The van der Waals surface area contributed by atoms with Gasteiger partial charge in [-0.15, -0.1) is 5.10 Å². The molecule has 0 fully saturated rings. The fourth-order valence-electron chi connectivity index (χ4n) is 1.04. The van der Waals surface area contributed by atoms with Crippen molar-refractivity contribution in [2.75, 3.05) is 7.11 Å². The van der Waals surface area contributed by atoms with Gasteiger partial charge in [0.05, 0.1) is 13.3 Å². The van der Waals surface area contributed by atoms with Crippen LogP contribution in [0.4, 0.5) is 0 Å². The van der Waals surface area contributed by atoms with Crippen LogP contribution in [0.2, 0.25) is 0 Å². The van der Waals surface area contributed by atoms with Crippen molar-refractivity contribution >= 4 is 12.0 Å². The van der Waals surface area contributed by atoms with Crippen molar-refractivity contribution in [3.05, 3.63) is 18.0 Å². The van der Waals surface area contributed by atoms with Gasteiger partial charge in [-0.05, 0) is 12.5 Å². The maximum atomic E-state index is 10.8. The Balaban J connectivity index is 2.52. The predicted octanol–water partition coefficient (Wildman–Crippen LogP) is 1.26. The molecule has 0 atom stereocenters. The summed E-state index contributed by atoms with van der Waals surface area (Å²) < 4.78 is 6.23. The van der Waals surface area contributed by atoms with Gasteiger partial charge in [0.1, 0.15) is 5.69 Å². The first-order valence-electron chi connectivity index (χ1n) is 4.92. The maximum Gasteiger partial charge on any atom is 0.330 e. The molecule has 1 heterocycles. The number of ether oxygens (including phenoxy) is 1. The third kappa shape index (κ3) is 3.93. The van der Waals surface area contributed by atoms with E-state index in [1.165, 1.54) is 13.2 Å². The predicted molar refractivity (Wildman–Crippen MR) is 56.0 cm³/mol. The smallest absolute Gasteiger partial charge is 0.330 e. The summed E-state index contributed by atoms with van der Waals surface area (Å²) in [5, 5.41) is 7.81. The minimum atomic E-state index is -0.391. The lowest BCUT2D eigenvalue weighted by Crippen LogP contribution is -1.97. The summed E-state index contributed by atoms with van der Waals surface area (Å²) in [6, 6.07) is 0. The second kappa shape index (κ2) is 5.95. The van der Waals surface area contributed by atoms with Crippen LogP contribution in [0.3, 0.4) is 0 Å². The van der Waals surface area contributed by atoms with Crippen LogP contribution in [0.15, 0.2) is 12.3 Å². The number of carbonyl (C=O) groups is 1. The van der Waals surface area contributed by atoms with Gasteiger partial charge in [-0.3, -0.25) is 4.68 Å². The second-order valence-electron chi connectivity index (χ2n) is 3.12. The Labute approximate surface area is 88.7 Å². The molecular formula is C10H15N3O2. The molecule has 0 saturated carbocycles. The number of hydrogen-bond acceptors (Lipinski definition) is 4. The van der Waals surface area contributed by atoms with E-state index < -0.39 is 5.97 Å². The molecule has 82 valence electrons. The third-order valence-electron chi connectivity index (χ3n) is 1.89. The standard InChI is InChI=1S/C10H15N3O2/c1-3-4-7-13-8-9(11-12-13)5-6-10(14)15-2/h5-6,8H,3-4,7H2,1-2H3. The van der Waals surface area contributed by atoms with Crippen molar-refractivity contribution in [2.45, 2.75) is 26.3 Å². The topological polar surface area (TPSA) is 57.0 Å². The molecule has 0 amide bonds. The molecule has 0 aliphatic rings. The zero-order valence-electron chi connectivity index (χ0n) is 9.01. The molecule has 0 aliphatic heterocycles. The van der Waals surface area contributed by atoms with Crippen LogP contribution >= 0.6 is 0 Å². The summed E-state index contributed by atoms with van der Waals surface area (Å²) >= 11 is 0. The van der Waals surface area contributed by atoms with Crippen LogP contribution in [-0.4, -0.2) is 28.1 Å². The van der Waals surface area contributed by atoms with E-state index in [1.807, 2.05) is 0 Å². The van der Waals surface area contributed by atoms with Crippen LogP contribution in [0, 0.1) is 0 Å². The van der Waals surface area contributed by atoms with Crippen LogP contribution in [-0.2, 0) is 16.1 Å². The first kappa shape index (κ1) is 11.4. The number of carbonyl (C=O) groups excluding carboxylic acids is 1. The Morgan fingerprint density at radius 3 is 3.13 bits per heavy atom. The molecule has 0 aromatic carbocycles. The van der Waals surface area contributed by atoms with Crippen LogP contribution in [0.25, 0.3) is 6.08 Å². The van der Waals surface area contributed by atoms with Gasteiger partial charge in [0.15, 0.2) is 0 Å². The number of esters is 1. The zero-order chi connectivity index (χ0) is 11.1. The van der Waals surface area contributed by atoms with Crippen LogP contribution < -0.4 is 0 Å². The Kier molecular flexibility index (Phi) is 4.53. The van der Waals surface area contributed by atoms with E-state index in [0.29, 0.717) is 5.69 Å². The summed E-state index contributed by atoms with van der Waals surface area (Å²) in [5.74, 6) is -0.391. The Bertz CT molecular complexity index is 344. The van der Waals surface area contributed by atoms with Crippen molar-refractivity contribution in [3.63, 3.8) is 0 Å². The van der Waals surface area contributed by atoms with E-state index in [9.17, 15) is 4.79 Å². The Morgan fingerprint density at radius 1 is 1.67 bits per heavy atom. The highest BCUT2D eigenvalue weighted by Gasteiger charge is 1.97. The molecule has 5 nitrogen and oxygen atoms in total. The number of methoxy groups -OCH3 is 1. The lowest BCUT2D eigenvalue weighted by Gasteiger charge is -1.94. The largest absolute Gasteiger partial charge is 0.466 e. The van der Waals surface area contributed by atoms with Crippen molar-refractivity contribution in [1.82, 2.24) is 15.0 Å². The minimum Gasteiger partial charge on any atom is -0.466 e. The van der Waals surface area contributed by atoms with Gasteiger partial charge >= 0.3 is 5.97 Å². The van der Waals surface area contributed by atoms with Crippen molar-refractivity contribution in [3.8, 4) is 0 Å².